The molecule has 33 heavy (non-hydrogen) atoms. The molecule has 0 saturated carbocycles. The van der Waals surface area contributed by atoms with E-state index in [1.54, 1.807) is 0 Å². The summed E-state index contributed by atoms with van der Waals surface area (Å²) in [7, 11) is 0. The van der Waals surface area contributed by atoms with Crippen LogP contribution in [0.2, 0.25) is 0 Å². The Morgan fingerprint density at radius 2 is 1.48 bits per heavy atom. The van der Waals surface area contributed by atoms with E-state index in [1.165, 1.54) is 63.4 Å². The number of hydrogen-bond donors (Lipinski definition) is 0. The molecule has 1 spiro atoms. The lowest BCUT2D eigenvalue weighted by Crippen LogP contribution is -2.33. The number of thiophene rings is 1. The molecule has 1 aromatic heterocycles. The summed E-state index contributed by atoms with van der Waals surface area (Å²) in [6.07, 6.45) is 7.08. The Hall–Kier alpha value is -3.07. The molecule has 0 saturated heterocycles. The second kappa shape index (κ2) is 6.50. The van der Waals surface area contributed by atoms with Crippen molar-refractivity contribution < 1.29 is 0 Å². The monoisotopic (exact) mass is 456 g/mol. The lowest BCUT2D eigenvalue weighted by molar-refractivity contribution is 0.724. The Morgan fingerprint density at radius 3 is 2.45 bits per heavy atom. The van der Waals surface area contributed by atoms with Crippen LogP contribution in [0.4, 0.5) is 0 Å². The summed E-state index contributed by atoms with van der Waals surface area (Å²) in [6.45, 7) is 0. The van der Waals surface area contributed by atoms with Gasteiger partial charge in [-0.15, -0.1) is 11.3 Å². The third-order valence-corrected chi connectivity index (χ3v) is 9.97. The van der Waals surface area contributed by atoms with E-state index in [9.17, 15) is 0 Å². The Balaban J connectivity index is 1.58. The van der Waals surface area contributed by atoms with E-state index in [0.29, 0.717) is 0 Å². The normalized spacial score (nSPS) is 20.2. The van der Waals surface area contributed by atoms with Crippen LogP contribution in [-0.2, 0) is 5.41 Å². The van der Waals surface area contributed by atoms with Crippen LogP contribution in [0.1, 0.15) is 29.5 Å². The van der Waals surface area contributed by atoms with Crippen molar-refractivity contribution in [2.45, 2.75) is 23.2 Å². The minimum Gasteiger partial charge on any atom is -0.135 e. The molecule has 5 aromatic rings. The minimum atomic E-state index is -0.232. The predicted octanol–water partition coefficient (Wildman–Crippen LogP) is 9.08. The van der Waals surface area contributed by atoms with Gasteiger partial charge in [-0.2, -0.15) is 0 Å². The van der Waals surface area contributed by atoms with Crippen molar-refractivity contribution in [3.8, 4) is 11.1 Å². The average molecular weight is 457 g/mol. The topological polar surface area (TPSA) is 0 Å². The highest BCUT2D eigenvalue weighted by atomic mass is 32.2. The smallest absolute Gasteiger partial charge is 0.0732 e. The summed E-state index contributed by atoms with van der Waals surface area (Å²) in [5.74, 6) is 0. The van der Waals surface area contributed by atoms with Crippen LogP contribution in [0.3, 0.4) is 0 Å². The Labute approximate surface area is 201 Å². The number of hydrogen-bond acceptors (Lipinski definition) is 2. The molecular formula is C31H20S2. The SMILES string of the molecule is C1=CC2=C(CC1)Sc1ccccc1C21c2ccccc2-c2cc3c(cc21)sc1ccccc13. The average Bonchev–Trinajstić information content (AvgIpc) is 3.37. The summed E-state index contributed by atoms with van der Waals surface area (Å²) in [6, 6.07) is 32.1. The van der Waals surface area contributed by atoms with Crippen LogP contribution in [0.25, 0.3) is 31.3 Å². The van der Waals surface area contributed by atoms with Crippen molar-refractivity contribution in [2.24, 2.45) is 0 Å². The van der Waals surface area contributed by atoms with Gasteiger partial charge in [-0.3, -0.25) is 0 Å². The summed E-state index contributed by atoms with van der Waals surface area (Å²) in [5.41, 5.74) is 8.37. The van der Waals surface area contributed by atoms with Crippen molar-refractivity contribution in [3.05, 3.63) is 124 Å². The molecule has 2 heterocycles. The molecule has 8 rings (SSSR count). The van der Waals surface area contributed by atoms with Crippen molar-refractivity contribution in [1.29, 1.82) is 0 Å². The first-order valence-electron chi connectivity index (χ1n) is 11.6. The first kappa shape index (κ1) is 18.4. The highest BCUT2D eigenvalue weighted by Crippen LogP contribution is 2.63. The van der Waals surface area contributed by atoms with Gasteiger partial charge in [0.2, 0.25) is 0 Å². The quantitative estimate of drug-likeness (QED) is 0.224. The summed E-state index contributed by atoms with van der Waals surface area (Å²) < 4.78 is 2.76. The molecule has 4 aromatic carbocycles. The van der Waals surface area contributed by atoms with E-state index in [0.717, 1.165) is 12.8 Å². The fourth-order valence-corrected chi connectivity index (χ4v) is 8.72. The van der Waals surface area contributed by atoms with Gasteiger partial charge in [-0.25, -0.2) is 0 Å². The van der Waals surface area contributed by atoms with Gasteiger partial charge in [0, 0.05) is 25.1 Å². The minimum absolute atomic E-state index is 0.232. The highest BCUT2D eigenvalue weighted by molar-refractivity contribution is 8.03. The molecule has 0 amide bonds. The molecule has 0 fully saturated rings. The molecule has 0 nitrogen and oxygen atoms in total. The molecular weight excluding hydrogens is 436 g/mol. The number of rotatable bonds is 0. The number of fused-ring (bicyclic) bond motifs is 11. The lowest BCUT2D eigenvalue weighted by atomic mass is 9.66. The number of thioether (sulfide) groups is 1. The molecule has 3 aliphatic rings. The van der Waals surface area contributed by atoms with Crippen LogP contribution < -0.4 is 0 Å². The lowest BCUT2D eigenvalue weighted by Gasteiger charge is -2.41. The van der Waals surface area contributed by atoms with Gasteiger partial charge in [0.1, 0.15) is 0 Å². The maximum Gasteiger partial charge on any atom is 0.0732 e. The third kappa shape index (κ3) is 2.23. The summed E-state index contributed by atoms with van der Waals surface area (Å²) in [4.78, 5) is 2.95. The zero-order chi connectivity index (χ0) is 21.6. The molecule has 2 heteroatoms. The van der Waals surface area contributed by atoms with E-state index in [4.69, 9.17) is 0 Å². The Morgan fingerprint density at radius 1 is 0.667 bits per heavy atom. The van der Waals surface area contributed by atoms with Gasteiger partial charge < -0.3 is 0 Å². The summed E-state index contributed by atoms with van der Waals surface area (Å²) in [5, 5.41) is 2.75. The van der Waals surface area contributed by atoms with Gasteiger partial charge in [0.05, 0.1) is 5.41 Å². The molecule has 1 atom stereocenters. The van der Waals surface area contributed by atoms with E-state index >= 15 is 0 Å². The van der Waals surface area contributed by atoms with Gasteiger partial charge in [-0.1, -0.05) is 84.6 Å². The van der Waals surface area contributed by atoms with Crippen molar-refractivity contribution in [3.63, 3.8) is 0 Å². The Kier molecular flexibility index (Phi) is 3.62. The zero-order valence-corrected chi connectivity index (χ0v) is 19.6. The second-order valence-corrected chi connectivity index (χ2v) is 11.4. The molecule has 0 radical (unpaired) electrons. The van der Waals surface area contributed by atoms with E-state index in [1.807, 2.05) is 23.1 Å². The van der Waals surface area contributed by atoms with E-state index < -0.39 is 0 Å². The molecule has 2 aliphatic carbocycles. The van der Waals surface area contributed by atoms with Crippen LogP contribution in [0.15, 0.2) is 112 Å². The Bertz CT molecular complexity index is 1700. The van der Waals surface area contributed by atoms with Gasteiger partial charge in [0.15, 0.2) is 0 Å². The van der Waals surface area contributed by atoms with Crippen LogP contribution in [0.5, 0.6) is 0 Å². The van der Waals surface area contributed by atoms with Crippen LogP contribution in [-0.4, -0.2) is 0 Å². The van der Waals surface area contributed by atoms with Gasteiger partial charge in [-0.05, 0) is 75.4 Å². The third-order valence-electron chi connectivity index (χ3n) is 7.59. The second-order valence-electron chi connectivity index (χ2n) is 9.16. The predicted molar refractivity (Wildman–Crippen MR) is 142 cm³/mol. The van der Waals surface area contributed by atoms with Crippen molar-refractivity contribution in [2.75, 3.05) is 0 Å². The first-order valence-corrected chi connectivity index (χ1v) is 13.2. The first-order chi connectivity index (χ1) is 16.4. The van der Waals surface area contributed by atoms with Crippen molar-refractivity contribution in [1.82, 2.24) is 0 Å². The van der Waals surface area contributed by atoms with Gasteiger partial charge >= 0.3 is 0 Å². The molecule has 0 bridgehead atoms. The molecule has 1 aliphatic heterocycles. The molecule has 156 valence electrons. The van der Waals surface area contributed by atoms with Gasteiger partial charge in [0.25, 0.3) is 0 Å². The standard InChI is InChI=1S/C31H20S2/c1-3-11-23-19(9-1)21-17-22-20-10-2-6-14-27(20)32-30(22)18-26(21)31(23)24-12-4-7-15-28(24)33-29-16-8-5-13-25(29)31/h1-7,9-15,17-18H,8,16H2. The molecule has 0 N–H and O–H groups in total. The highest BCUT2D eigenvalue weighted by Gasteiger charge is 2.51. The largest absolute Gasteiger partial charge is 0.135 e. The fraction of sp³-hybridized carbons (Fsp3) is 0.0968. The maximum atomic E-state index is 2.52. The van der Waals surface area contributed by atoms with E-state index in [-0.39, 0.29) is 5.41 Å². The van der Waals surface area contributed by atoms with E-state index in [2.05, 4.69) is 97.1 Å². The fourth-order valence-electron chi connectivity index (χ4n) is 6.30. The maximum absolute atomic E-state index is 2.52. The summed E-state index contributed by atoms with van der Waals surface area (Å²) >= 11 is 3.91. The number of allylic oxidation sites excluding steroid dienone is 4. The molecule has 1 unspecified atom stereocenters. The number of benzene rings is 4. The zero-order valence-electron chi connectivity index (χ0n) is 18.0. The van der Waals surface area contributed by atoms with Crippen LogP contribution >= 0.6 is 23.1 Å². The van der Waals surface area contributed by atoms with Crippen molar-refractivity contribution >= 4 is 43.3 Å². The van der Waals surface area contributed by atoms with Crippen LogP contribution in [0, 0.1) is 0 Å².